The summed E-state index contributed by atoms with van der Waals surface area (Å²) in [5, 5.41) is 0. The normalized spacial score (nSPS) is 16.0. The maximum Gasteiger partial charge on any atom is 0.333 e. The van der Waals surface area contributed by atoms with Crippen LogP contribution < -0.4 is 20.6 Å². The molecule has 7 aromatic carbocycles. The molecule has 7 aromatic rings. The fourth-order valence-electron chi connectivity index (χ4n) is 10.1. The summed E-state index contributed by atoms with van der Waals surface area (Å²) in [4.78, 5) is 5.30. The molecule has 0 radical (unpaired) electrons. The first-order valence-electron chi connectivity index (χ1n) is 18.2. The van der Waals surface area contributed by atoms with E-state index in [-0.39, 0.29) is 17.7 Å². The highest BCUT2D eigenvalue weighted by Gasteiger charge is 2.50. The van der Waals surface area contributed by atoms with Crippen molar-refractivity contribution in [2.45, 2.75) is 38.5 Å². The summed E-state index contributed by atoms with van der Waals surface area (Å²) in [7, 11) is 0. The lowest BCUT2D eigenvalue weighted by Gasteiger charge is -2.50. The first-order chi connectivity index (χ1) is 24.9. The van der Waals surface area contributed by atoms with Gasteiger partial charge in [-0.2, -0.15) is 0 Å². The molecule has 3 heterocycles. The van der Waals surface area contributed by atoms with Crippen LogP contribution in [0.15, 0.2) is 152 Å². The van der Waals surface area contributed by atoms with Crippen molar-refractivity contribution in [2.75, 3.05) is 9.71 Å². The van der Waals surface area contributed by atoms with Gasteiger partial charge in [0.2, 0.25) is 0 Å². The standard InChI is InChI=1S/C48H37BN2/c1-47(2)37-21-10-11-24-40(37)50-42-26-13-19-35-33-28-27-31(30-15-6-5-7-16-30)29-43(33)51(49(45(35)42)39-23-14-22-38(47)46(39)50)41-25-12-18-34-32-17-8-9-20-36(32)48(3,4)44(34)41/h5-29H,1-4H3. The van der Waals surface area contributed by atoms with E-state index in [1.807, 2.05) is 0 Å². The lowest BCUT2D eigenvalue weighted by Crippen LogP contribution is -2.62. The molecule has 0 N–H and O–H groups in total. The molecular weight excluding hydrogens is 615 g/mol. The van der Waals surface area contributed by atoms with Gasteiger partial charge in [-0.25, -0.2) is 0 Å². The second-order valence-electron chi connectivity index (χ2n) is 15.7. The highest BCUT2D eigenvalue weighted by atomic mass is 15.2. The summed E-state index contributed by atoms with van der Waals surface area (Å²) < 4.78 is 0. The first-order valence-corrected chi connectivity index (χ1v) is 18.2. The number of nitrogens with zero attached hydrogens (tertiary/aromatic N) is 2. The number of hydrogen-bond acceptors (Lipinski definition) is 2. The van der Waals surface area contributed by atoms with E-state index in [9.17, 15) is 0 Å². The van der Waals surface area contributed by atoms with Gasteiger partial charge in [0.05, 0.1) is 5.69 Å². The van der Waals surface area contributed by atoms with Crippen LogP contribution in [0.25, 0.3) is 33.4 Å². The molecule has 3 heteroatoms. The van der Waals surface area contributed by atoms with Gasteiger partial charge in [0.1, 0.15) is 0 Å². The lowest BCUT2D eigenvalue weighted by atomic mass is 9.42. The molecule has 0 amide bonds. The Balaban J connectivity index is 1.27. The van der Waals surface area contributed by atoms with Crippen molar-refractivity contribution >= 4 is 46.2 Å². The van der Waals surface area contributed by atoms with Crippen molar-refractivity contribution in [3.63, 3.8) is 0 Å². The van der Waals surface area contributed by atoms with Crippen LogP contribution in [0.3, 0.4) is 0 Å². The van der Waals surface area contributed by atoms with E-state index in [1.54, 1.807) is 0 Å². The van der Waals surface area contributed by atoms with E-state index < -0.39 is 0 Å². The molecule has 2 nitrogen and oxygen atoms in total. The van der Waals surface area contributed by atoms with Gasteiger partial charge in [0, 0.05) is 39.1 Å². The third-order valence-electron chi connectivity index (χ3n) is 12.4. The van der Waals surface area contributed by atoms with E-state index in [2.05, 4.69) is 189 Å². The smallest absolute Gasteiger partial charge is 0.333 e. The molecule has 0 saturated heterocycles. The Morgan fingerprint density at radius 3 is 1.92 bits per heavy atom. The number of rotatable bonds is 2. The zero-order valence-corrected chi connectivity index (χ0v) is 29.4. The fourth-order valence-corrected chi connectivity index (χ4v) is 10.1. The van der Waals surface area contributed by atoms with Gasteiger partial charge >= 0.3 is 6.85 Å². The first kappa shape index (κ1) is 29.0. The second kappa shape index (κ2) is 9.92. The minimum atomic E-state index is -0.169. The Bertz CT molecular complexity index is 2620. The Kier molecular flexibility index (Phi) is 5.64. The Hall–Kier alpha value is -5.80. The number of anilines is 5. The van der Waals surface area contributed by atoms with Gasteiger partial charge in [-0.3, -0.25) is 0 Å². The molecule has 3 aliphatic heterocycles. The molecule has 11 rings (SSSR count). The van der Waals surface area contributed by atoms with E-state index in [0.29, 0.717) is 0 Å². The van der Waals surface area contributed by atoms with Crippen LogP contribution in [0.2, 0.25) is 0 Å². The summed E-state index contributed by atoms with van der Waals surface area (Å²) in [6.45, 7) is 9.60. The molecule has 0 saturated carbocycles. The summed E-state index contributed by atoms with van der Waals surface area (Å²) >= 11 is 0. The predicted molar refractivity (Wildman–Crippen MR) is 215 cm³/mol. The summed E-state index contributed by atoms with van der Waals surface area (Å²) in [6, 6.07) is 57.1. The Labute approximate surface area is 300 Å². The van der Waals surface area contributed by atoms with Crippen molar-refractivity contribution in [1.29, 1.82) is 0 Å². The molecule has 4 aliphatic rings. The summed E-state index contributed by atoms with van der Waals surface area (Å²) in [5.74, 6) is 0. The molecular formula is C48H37BN2. The molecule has 51 heavy (non-hydrogen) atoms. The van der Waals surface area contributed by atoms with Gasteiger partial charge < -0.3 is 9.71 Å². The average Bonchev–Trinajstić information content (AvgIpc) is 3.41. The van der Waals surface area contributed by atoms with E-state index in [4.69, 9.17) is 0 Å². The zero-order valence-electron chi connectivity index (χ0n) is 29.4. The Morgan fingerprint density at radius 2 is 1.08 bits per heavy atom. The molecule has 0 bridgehead atoms. The molecule has 0 unspecified atom stereocenters. The van der Waals surface area contributed by atoms with E-state index >= 15 is 0 Å². The van der Waals surface area contributed by atoms with Gasteiger partial charge in [-0.05, 0) is 85.3 Å². The zero-order chi connectivity index (χ0) is 34.2. The number of fused-ring (bicyclic) bond motifs is 9. The van der Waals surface area contributed by atoms with Crippen molar-refractivity contribution in [3.8, 4) is 33.4 Å². The maximum absolute atomic E-state index is 2.72. The van der Waals surface area contributed by atoms with Gasteiger partial charge in [0.15, 0.2) is 0 Å². The minimum Gasteiger partial charge on any atom is -0.376 e. The monoisotopic (exact) mass is 652 g/mol. The molecule has 0 spiro atoms. The third-order valence-corrected chi connectivity index (χ3v) is 12.4. The van der Waals surface area contributed by atoms with Gasteiger partial charge in [-0.1, -0.05) is 155 Å². The molecule has 0 aromatic heterocycles. The van der Waals surface area contributed by atoms with Crippen LogP contribution in [-0.4, -0.2) is 6.85 Å². The number of para-hydroxylation sites is 2. The molecule has 0 fully saturated rings. The fraction of sp³-hybridized carbons (Fsp3) is 0.125. The van der Waals surface area contributed by atoms with E-state index in [1.165, 1.54) is 95.0 Å². The number of hydrogen-bond donors (Lipinski definition) is 0. The highest BCUT2D eigenvalue weighted by molar-refractivity contribution is 6.93. The average molecular weight is 653 g/mol. The second-order valence-corrected chi connectivity index (χ2v) is 15.7. The SMILES string of the molecule is CC1(C)c2ccccc2N2c3cccc4c3B(c3cccc1c32)N(c1cccc2c1C(C)(C)c1ccccc1-2)c1cc(-c2ccccc2)ccc1-4. The molecule has 1 aliphatic carbocycles. The third kappa shape index (κ3) is 3.63. The van der Waals surface area contributed by atoms with Crippen LogP contribution in [0, 0.1) is 0 Å². The van der Waals surface area contributed by atoms with Crippen molar-refractivity contribution in [3.05, 3.63) is 174 Å². The van der Waals surface area contributed by atoms with Crippen LogP contribution in [0.1, 0.15) is 49.9 Å². The summed E-state index contributed by atoms with van der Waals surface area (Å²) in [6.07, 6.45) is 0. The van der Waals surface area contributed by atoms with Crippen molar-refractivity contribution in [1.82, 2.24) is 0 Å². The minimum absolute atomic E-state index is 0.0204. The van der Waals surface area contributed by atoms with Crippen LogP contribution in [0.5, 0.6) is 0 Å². The van der Waals surface area contributed by atoms with Crippen LogP contribution >= 0.6 is 0 Å². The molecule has 0 atom stereocenters. The predicted octanol–water partition coefficient (Wildman–Crippen LogP) is 11.0. The van der Waals surface area contributed by atoms with Crippen molar-refractivity contribution < 1.29 is 0 Å². The van der Waals surface area contributed by atoms with Gasteiger partial charge in [-0.15, -0.1) is 0 Å². The largest absolute Gasteiger partial charge is 0.376 e. The number of benzene rings is 7. The maximum atomic E-state index is 2.72. The van der Waals surface area contributed by atoms with Crippen LogP contribution in [0.4, 0.5) is 28.4 Å². The van der Waals surface area contributed by atoms with Crippen molar-refractivity contribution in [2.24, 2.45) is 0 Å². The lowest BCUT2D eigenvalue weighted by molar-refractivity contribution is 0.632. The quantitative estimate of drug-likeness (QED) is 0.172. The summed E-state index contributed by atoms with van der Waals surface area (Å²) in [5.41, 5.74) is 22.1. The van der Waals surface area contributed by atoms with Gasteiger partial charge in [0.25, 0.3) is 0 Å². The highest BCUT2D eigenvalue weighted by Crippen LogP contribution is 2.57. The Morgan fingerprint density at radius 1 is 0.431 bits per heavy atom. The topological polar surface area (TPSA) is 6.48 Å². The van der Waals surface area contributed by atoms with E-state index in [0.717, 1.165) is 0 Å². The molecule has 242 valence electrons. The van der Waals surface area contributed by atoms with Crippen LogP contribution in [-0.2, 0) is 10.8 Å².